The predicted octanol–water partition coefficient (Wildman–Crippen LogP) is 5.24. The van der Waals surface area contributed by atoms with Crippen molar-refractivity contribution in [2.24, 2.45) is 0 Å². The van der Waals surface area contributed by atoms with Crippen LogP contribution in [0, 0.1) is 32.4 Å². The van der Waals surface area contributed by atoms with Crippen LogP contribution in [0.3, 0.4) is 0 Å². The van der Waals surface area contributed by atoms with Crippen molar-refractivity contribution in [2.45, 2.75) is 26.8 Å². The number of hydrogen-bond donors (Lipinski definition) is 1. The van der Waals surface area contributed by atoms with Crippen LogP contribution >= 0.6 is 0 Å². The molecule has 0 unspecified atom stereocenters. The number of halogens is 2. The van der Waals surface area contributed by atoms with E-state index in [0.717, 1.165) is 54.1 Å². The SMILES string of the molecule is Cc1cc(C)c(NC(=O)CN2CCN(C(c3ccc(F)cc3)c3ccc(F)cc3)CC2)c(C)c1. The van der Waals surface area contributed by atoms with Gasteiger partial charge in [-0.15, -0.1) is 0 Å². The molecule has 0 spiro atoms. The van der Waals surface area contributed by atoms with Crippen molar-refractivity contribution in [3.05, 3.63) is 100 Å². The summed E-state index contributed by atoms with van der Waals surface area (Å²) in [5.74, 6) is -0.579. The second-order valence-corrected chi connectivity index (χ2v) is 9.14. The summed E-state index contributed by atoms with van der Waals surface area (Å²) >= 11 is 0. The van der Waals surface area contributed by atoms with E-state index in [4.69, 9.17) is 0 Å². The summed E-state index contributed by atoms with van der Waals surface area (Å²) in [5.41, 5.74) is 6.13. The number of aryl methyl sites for hydroxylation is 3. The molecule has 178 valence electrons. The van der Waals surface area contributed by atoms with E-state index in [1.54, 1.807) is 24.3 Å². The monoisotopic (exact) mass is 463 g/mol. The molecule has 6 heteroatoms. The Balaban J connectivity index is 1.42. The molecule has 4 rings (SSSR count). The molecule has 34 heavy (non-hydrogen) atoms. The molecule has 3 aromatic rings. The van der Waals surface area contributed by atoms with Crippen molar-refractivity contribution in [2.75, 3.05) is 38.0 Å². The van der Waals surface area contributed by atoms with Gasteiger partial charge < -0.3 is 5.32 Å². The van der Waals surface area contributed by atoms with Gasteiger partial charge in [0.1, 0.15) is 11.6 Å². The number of hydrogen-bond acceptors (Lipinski definition) is 3. The second-order valence-electron chi connectivity index (χ2n) is 9.14. The van der Waals surface area contributed by atoms with Crippen LogP contribution in [0.2, 0.25) is 0 Å². The largest absolute Gasteiger partial charge is 0.324 e. The number of anilines is 1. The lowest BCUT2D eigenvalue weighted by molar-refractivity contribution is -0.117. The molecule has 3 aromatic carbocycles. The minimum Gasteiger partial charge on any atom is -0.324 e. The van der Waals surface area contributed by atoms with E-state index in [-0.39, 0.29) is 23.6 Å². The highest BCUT2D eigenvalue weighted by Crippen LogP contribution is 2.30. The zero-order chi connectivity index (χ0) is 24.2. The van der Waals surface area contributed by atoms with E-state index >= 15 is 0 Å². The van der Waals surface area contributed by atoms with Crippen LogP contribution in [0.15, 0.2) is 60.7 Å². The summed E-state index contributed by atoms with van der Waals surface area (Å²) in [4.78, 5) is 17.2. The zero-order valence-corrected chi connectivity index (χ0v) is 19.9. The van der Waals surface area contributed by atoms with E-state index < -0.39 is 0 Å². The smallest absolute Gasteiger partial charge is 0.238 e. The van der Waals surface area contributed by atoms with E-state index in [1.165, 1.54) is 29.8 Å². The normalized spacial score (nSPS) is 15.0. The van der Waals surface area contributed by atoms with E-state index in [2.05, 4.69) is 34.2 Å². The fraction of sp³-hybridized carbons (Fsp3) is 0.321. The summed E-state index contributed by atoms with van der Waals surface area (Å²) in [6.45, 7) is 9.37. The highest BCUT2D eigenvalue weighted by atomic mass is 19.1. The van der Waals surface area contributed by atoms with Crippen molar-refractivity contribution >= 4 is 11.6 Å². The van der Waals surface area contributed by atoms with E-state index in [1.807, 2.05) is 13.8 Å². The van der Waals surface area contributed by atoms with Crippen molar-refractivity contribution in [1.82, 2.24) is 9.80 Å². The first-order chi connectivity index (χ1) is 16.3. The number of benzene rings is 3. The molecule has 1 N–H and O–H groups in total. The fourth-order valence-corrected chi connectivity index (χ4v) is 4.84. The molecular formula is C28H31F2N3O. The lowest BCUT2D eigenvalue weighted by Crippen LogP contribution is -2.49. The minimum atomic E-state index is -0.281. The third-order valence-corrected chi connectivity index (χ3v) is 6.45. The number of nitrogens with zero attached hydrogens (tertiary/aromatic N) is 2. The Morgan fingerprint density at radius 3 is 1.76 bits per heavy atom. The van der Waals surface area contributed by atoms with E-state index in [0.29, 0.717) is 6.54 Å². The molecule has 4 nitrogen and oxygen atoms in total. The van der Waals surface area contributed by atoms with Gasteiger partial charge in [-0.2, -0.15) is 0 Å². The number of amides is 1. The van der Waals surface area contributed by atoms with Crippen molar-refractivity contribution in [3.8, 4) is 0 Å². The first-order valence-electron chi connectivity index (χ1n) is 11.6. The molecule has 0 radical (unpaired) electrons. The molecule has 1 heterocycles. The molecule has 1 aliphatic heterocycles. The maximum atomic E-state index is 13.5. The van der Waals surface area contributed by atoms with Gasteiger partial charge >= 0.3 is 0 Å². The van der Waals surface area contributed by atoms with Gasteiger partial charge in [-0.25, -0.2) is 8.78 Å². The van der Waals surface area contributed by atoms with Crippen LogP contribution in [0.1, 0.15) is 33.9 Å². The summed E-state index contributed by atoms with van der Waals surface area (Å²) in [5, 5.41) is 3.08. The van der Waals surface area contributed by atoms with Gasteiger partial charge in [0.25, 0.3) is 0 Å². The lowest BCUT2D eigenvalue weighted by Gasteiger charge is -2.39. The maximum Gasteiger partial charge on any atom is 0.238 e. The average Bonchev–Trinajstić information content (AvgIpc) is 2.80. The van der Waals surface area contributed by atoms with Gasteiger partial charge in [0, 0.05) is 31.9 Å². The van der Waals surface area contributed by atoms with Crippen LogP contribution in [0.5, 0.6) is 0 Å². The number of piperazine rings is 1. The number of carbonyl (C=O) groups is 1. The molecule has 0 aromatic heterocycles. The van der Waals surface area contributed by atoms with Gasteiger partial charge in [0.2, 0.25) is 5.91 Å². The molecule has 1 amide bonds. The lowest BCUT2D eigenvalue weighted by atomic mass is 9.96. The topological polar surface area (TPSA) is 35.6 Å². The summed E-state index contributed by atoms with van der Waals surface area (Å²) in [6.07, 6.45) is 0. The first-order valence-corrected chi connectivity index (χ1v) is 11.6. The van der Waals surface area contributed by atoms with Crippen LogP contribution in [0.4, 0.5) is 14.5 Å². The third-order valence-electron chi connectivity index (χ3n) is 6.45. The third kappa shape index (κ3) is 5.69. The maximum absolute atomic E-state index is 13.5. The second kappa shape index (κ2) is 10.5. The van der Waals surface area contributed by atoms with Gasteiger partial charge in [0.05, 0.1) is 12.6 Å². The Morgan fingerprint density at radius 1 is 0.824 bits per heavy atom. The summed E-state index contributed by atoms with van der Waals surface area (Å²) in [7, 11) is 0. The molecule has 1 saturated heterocycles. The van der Waals surface area contributed by atoms with Crippen LogP contribution < -0.4 is 5.32 Å². The van der Waals surface area contributed by atoms with Crippen molar-refractivity contribution in [3.63, 3.8) is 0 Å². The molecule has 0 saturated carbocycles. The highest BCUT2D eigenvalue weighted by molar-refractivity contribution is 5.93. The van der Waals surface area contributed by atoms with Crippen molar-refractivity contribution in [1.29, 1.82) is 0 Å². The number of rotatable bonds is 6. The molecule has 0 atom stereocenters. The Kier molecular flexibility index (Phi) is 7.39. The molecular weight excluding hydrogens is 432 g/mol. The van der Waals surface area contributed by atoms with Gasteiger partial charge in [0.15, 0.2) is 0 Å². The summed E-state index contributed by atoms with van der Waals surface area (Å²) in [6, 6.07) is 17.0. The average molecular weight is 464 g/mol. The van der Waals surface area contributed by atoms with Crippen LogP contribution in [0.25, 0.3) is 0 Å². The Morgan fingerprint density at radius 2 is 1.29 bits per heavy atom. The van der Waals surface area contributed by atoms with E-state index in [9.17, 15) is 13.6 Å². The first kappa shape index (κ1) is 24.0. The molecule has 0 aliphatic carbocycles. The Labute approximate surface area is 200 Å². The fourth-order valence-electron chi connectivity index (χ4n) is 4.84. The van der Waals surface area contributed by atoms with Crippen LogP contribution in [-0.2, 0) is 4.79 Å². The highest BCUT2D eigenvalue weighted by Gasteiger charge is 2.27. The quantitative estimate of drug-likeness (QED) is 0.543. The Bertz CT molecular complexity index is 1070. The zero-order valence-electron chi connectivity index (χ0n) is 19.9. The molecule has 1 aliphatic rings. The molecule has 1 fully saturated rings. The van der Waals surface area contributed by atoms with Crippen LogP contribution in [-0.4, -0.2) is 48.4 Å². The predicted molar refractivity (Wildman–Crippen MR) is 132 cm³/mol. The van der Waals surface area contributed by atoms with Crippen molar-refractivity contribution < 1.29 is 13.6 Å². The molecule has 0 bridgehead atoms. The standard InChI is InChI=1S/C28H31F2N3O/c1-19-16-20(2)27(21(3)17-19)31-26(34)18-32-12-14-33(15-13-32)28(22-4-8-24(29)9-5-22)23-6-10-25(30)11-7-23/h4-11,16-17,28H,12-15,18H2,1-3H3,(H,31,34). The number of nitrogens with one attached hydrogen (secondary N) is 1. The van der Waals surface area contributed by atoms with Gasteiger partial charge in [-0.05, 0) is 67.3 Å². The summed E-state index contributed by atoms with van der Waals surface area (Å²) < 4.78 is 27.1. The minimum absolute atomic E-state index is 0.0166. The van der Waals surface area contributed by atoms with Gasteiger partial charge in [-0.3, -0.25) is 14.6 Å². The Hall–Kier alpha value is -3.09. The van der Waals surface area contributed by atoms with Gasteiger partial charge in [-0.1, -0.05) is 42.0 Å². The number of carbonyl (C=O) groups excluding carboxylic acids is 1.